The van der Waals surface area contributed by atoms with Crippen LogP contribution in [0.15, 0.2) is 0 Å². The summed E-state index contributed by atoms with van der Waals surface area (Å²) in [7, 11) is -2.58. The van der Waals surface area contributed by atoms with Gasteiger partial charge in [0.25, 0.3) is 5.91 Å². The Bertz CT molecular complexity index is 95.0. The van der Waals surface area contributed by atoms with Gasteiger partial charge < -0.3 is 14.9 Å². The van der Waals surface area contributed by atoms with Gasteiger partial charge in [-0.3, -0.25) is 4.79 Å². The molecule has 0 aliphatic carbocycles. The summed E-state index contributed by atoms with van der Waals surface area (Å²) in [6.45, 7) is -0.747. The highest BCUT2D eigenvalue weighted by molar-refractivity contribution is 7.39. The van der Waals surface area contributed by atoms with Gasteiger partial charge in [-0.15, -0.1) is 0 Å². The normalized spacial score (nSPS) is 9.78. The van der Waals surface area contributed by atoms with Crippen LogP contribution in [0.5, 0.6) is 0 Å². The fourth-order valence-electron chi connectivity index (χ4n) is 0.124. The van der Waals surface area contributed by atoms with Crippen molar-refractivity contribution in [2.24, 2.45) is 0 Å². The molecule has 0 spiro atoms. The lowest BCUT2D eigenvalue weighted by molar-refractivity contribution is -0.130. The van der Waals surface area contributed by atoms with Gasteiger partial charge in [-0.1, -0.05) is 0 Å². The van der Waals surface area contributed by atoms with Crippen molar-refractivity contribution in [1.29, 1.82) is 0 Å². The topological polar surface area (TPSA) is 99.0 Å². The average molecular weight is 155 g/mol. The molecule has 0 aliphatic rings. The minimum atomic E-state index is -2.58. The monoisotopic (exact) mass is 155 g/mol. The number of carbonyl (C=O) groups excluding carboxylic acids is 1. The second-order valence-corrected chi connectivity index (χ2v) is 1.72. The number of carbonyl (C=O) groups is 1. The van der Waals surface area contributed by atoms with Crippen LogP contribution in [0.3, 0.4) is 0 Å². The molecule has 6 nitrogen and oxygen atoms in total. The maximum Gasteiger partial charge on any atom is 0.350 e. The van der Waals surface area contributed by atoms with E-state index in [9.17, 15) is 4.79 Å². The molecule has 0 rings (SSSR count). The Hall–Kier alpha value is -0.260. The van der Waals surface area contributed by atoms with Gasteiger partial charge in [0, 0.05) is 0 Å². The molecule has 0 aromatic rings. The van der Waals surface area contributed by atoms with Crippen molar-refractivity contribution in [2.75, 3.05) is 6.61 Å². The molecule has 7 heteroatoms. The van der Waals surface area contributed by atoms with Crippen LogP contribution in [0.4, 0.5) is 0 Å². The third kappa shape index (κ3) is 5.61. The molecule has 4 N–H and O–H groups in total. The lowest BCUT2D eigenvalue weighted by Gasteiger charge is -2.01. The molecule has 54 valence electrons. The highest BCUT2D eigenvalue weighted by Crippen LogP contribution is 2.21. The van der Waals surface area contributed by atoms with Crippen molar-refractivity contribution in [2.45, 2.75) is 0 Å². The molecule has 0 saturated heterocycles. The van der Waals surface area contributed by atoms with Crippen molar-refractivity contribution in [3.8, 4) is 0 Å². The van der Waals surface area contributed by atoms with Gasteiger partial charge in [-0.25, -0.2) is 5.48 Å². The first-order chi connectivity index (χ1) is 4.16. The fraction of sp³-hybridized carbons (Fsp3) is 0.500. The molecule has 0 saturated carbocycles. The zero-order valence-electron chi connectivity index (χ0n) is 4.31. The maximum absolute atomic E-state index is 10.0. The van der Waals surface area contributed by atoms with Gasteiger partial charge in [-0.2, -0.15) is 4.62 Å². The highest BCUT2D eigenvalue weighted by Gasteiger charge is 2.01. The number of nitrogens with one attached hydrogen (secondary N) is 1. The first-order valence-corrected chi connectivity index (χ1v) is 3.08. The van der Waals surface area contributed by atoms with Gasteiger partial charge in [0.2, 0.25) is 0 Å². The summed E-state index contributed by atoms with van der Waals surface area (Å²) in [4.78, 5) is 26.0. The molecule has 0 unspecified atom stereocenters. The minimum Gasteiger partial charge on any atom is -0.386 e. The number of hydrogen-bond donors (Lipinski definition) is 4. The van der Waals surface area contributed by atoms with Crippen LogP contribution in [-0.4, -0.2) is 27.4 Å². The Kier molecular flexibility index (Phi) is 4.47. The molecular weight excluding hydrogens is 149 g/mol. The lowest BCUT2D eigenvalue weighted by atomic mass is 10.7. The Morgan fingerprint density at radius 1 is 1.67 bits per heavy atom. The molecule has 0 heterocycles. The largest absolute Gasteiger partial charge is 0.386 e. The summed E-state index contributed by atoms with van der Waals surface area (Å²) in [5.41, 5.74) is 1.57. The van der Waals surface area contributed by atoms with Gasteiger partial charge in [0.05, 0.1) is 0 Å². The second-order valence-electron chi connectivity index (χ2n) is 1.03. The van der Waals surface area contributed by atoms with Crippen molar-refractivity contribution in [3.63, 3.8) is 0 Å². The molecule has 0 aromatic heterocycles. The van der Waals surface area contributed by atoms with E-state index in [2.05, 4.69) is 4.62 Å². The van der Waals surface area contributed by atoms with Gasteiger partial charge >= 0.3 is 8.60 Å². The summed E-state index contributed by atoms with van der Waals surface area (Å²) in [5, 5.41) is 8.00. The lowest BCUT2D eigenvalue weighted by Crippen LogP contribution is -2.24. The van der Waals surface area contributed by atoms with E-state index in [1.807, 2.05) is 0 Å². The van der Waals surface area contributed by atoms with Crippen LogP contribution in [0.25, 0.3) is 0 Å². The van der Waals surface area contributed by atoms with Crippen LogP contribution in [-0.2, 0) is 9.42 Å². The SMILES string of the molecule is O=C(CO)NOP(O)O. The predicted octanol–water partition coefficient (Wildman–Crippen LogP) is -1.76. The Balaban J connectivity index is 3.17. The molecule has 0 bridgehead atoms. The van der Waals surface area contributed by atoms with E-state index in [-0.39, 0.29) is 0 Å². The maximum atomic E-state index is 10.0. The quantitative estimate of drug-likeness (QED) is 0.286. The summed E-state index contributed by atoms with van der Waals surface area (Å²) in [6, 6.07) is 0. The number of aliphatic hydroxyl groups excluding tert-OH is 1. The summed E-state index contributed by atoms with van der Waals surface area (Å²) in [6.07, 6.45) is 0. The molecule has 1 amide bonds. The van der Waals surface area contributed by atoms with Crippen LogP contribution < -0.4 is 5.48 Å². The molecule has 0 aromatic carbocycles. The standard InChI is InChI=1S/C2H6NO5P/c4-1-2(5)3-8-9(6)7/h4,6-7H,1H2,(H,3,5). The number of hydrogen-bond acceptors (Lipinski definition) is 5. The van der Waals surface area contributed by atoms with Crippen LogP contribution in [0, 0.1) is 0 Å². The summed E-state index contributed by atoms with van der Waals surface area (Å²) >= 11 is 0. The molecule has 0 atom stereocenters. The van der Waals surface area contributed by atoms with Crippen LogP contribution in [0.2, 0.25) is 0 Å². The minimum absolute atomic E-state index is 0.747. The van der Waals surface area contributed by atoms with Crippen molar-refractivity contribution < 1.29 is 24.3 Å². The van der Waals surface area contributed by atoms with E-state index in [0.717, 1.165) is 0 Å². The molecule has 0 radical (unpaired) electrons. The Morgan fingerprint density at radius 3 is 2.56 bits per heavy atom. The van der Waals surface area contributed by atoms with Crippen molar-refractivity contribution in [1.82, 2.24) is 5.48 Å². The number of aliphatic hydroxyl groups is 1. The molecular formula is C2H6NO5P. The van der Waals surface area contributed by atoms with Gasteiger partial charge in [0.1, 0.15) is 6.61 Å². The highest BCUT2D eigenvalue weighted by atomic mass is 31.2. The number of rotatable bonds is 3. The third-order valence-corrected chi connectivity index (χ3v) is 0.639. The average Bonchev–Trinajstić information content (AvgIpc) is 1.83. The summed E-state index contributed by atoms with van der Waals surface area (Å²) < 4.78 is 3.81. The first-order valence-electron chi connectivity index (χ1n) is 1.91. The van der Waals surface area contributed by atoms with E-state index >= 15 is 0 Å². The number of amides is 1. The predicted molar refractivity (Wildman–Crippen MR) is 27.7 cm³/mol. The van der Waals surface area contributed by atoms with E-state index in [1.165, 1.54) is 0 Å². The van der Waals surface area contributed by atoms with Gasteiger partial charge in [0.15, 0.2) is 0 Å². The van der Waals surface area contributed by atoms with Crippen molar-refractivity contribution in [3.05, 3.63) is 0 Å². The fourth-order valence-corrected chi connectivity index (χ4v) is 0.307. The summed E-state index contributed by atoms with van der Waals surface area (Å²) in [5.74, 6) is -0.828. The number of hydroxylamine groups is 1. The van der Waals surface area contributed by atoms with E-state index in [0.29, 0.717) is 0 Å². The van der Waals surface area contributed by atoms with E-state index in [4.69, 9.17) is 14.9 Å². The van der Waals surface area contributed by atoms with Crippen LogP contribution >= 0.6 is 8.60 Å². The van der Waals surface area contributed by atoms with Gasteiger partial charge in [-0.05, 0) is 0 Å². The smallest absolute Gasteiger partial charge is 0.350 e. The molecule has 9 heavy (non-hydrogen) atoms. The van der Waals surface area contributed by atoms with E-state index < -0.39 is 21.1 Å². The van der Waals surface area contributed by atoms with Crippen LogP contribution in [0.1, 0.15) is 0 Å². The zero-order valence-corrected chi connectivity index (χ0v) is 5.21. The zero-order chi connectivity index (χ0) is 7.28. The Morgan fingerprint density at radius 2 is 2.22 bits per heavy atom. The van der Waals surface area contributed by atoms with E-state index in [1.54, 1.807) is 5.48 Å². The van der Waals surface area contributed by atoms with Crippen molar-refractivity contribution >= 4 is 14.5 Å². The Labute approximate surface area is 52.0 Å². The second kappa shape index (κ2) is 4.60. The molecule has 0 fully saturated rings. The first kappa shape index (κ1) is 8.74. The third-order valence-electron chi connectivity index (χ3n) is 0.385. The molecule has 0 aliphatic heterocycles.